The molecule has 1 atom stereocenters. The van der Waals surface area contributed by atoms with E-state index in [-0.39, 0.29) is 5.92 Å². The predicted molar refractivity (Wildman–Crippen MR) is 89.2 cm³/mol. The van der Waals surface area contributed by atoms with E-state index in [1.165, 1.54) is 0 Å². The number of carbonyl (C=O) groups is 1. The van der Waals surface area contributed by atoms with Gasteiger partial charge in [0.25, 0.3) is 0 Å². The maximum absolute atomic E-state index is 11.3. The third-order valence-electron chi connectivity index (χ3n) is 3.05. The first-order chi connectivity index (χ1) is 10.9. The molecule has 0 saturated heterocycles. The molecule has 1 rings (SSSR count). The third-order valence-corrected chi connectivity index (χ3v) is 3.05. The molecule has 1 aromatic carbocycles. The summed E-state index contributed by atoms with van der Waals surface area (Å²) >= 11 is 0. The molecule has 0 aliphatic heterocycles. The maximum Gasteiger partial charge on any atom is 0.333 e. The molecule has 0 spiro atoms. The van der Waals surface area contributed by atoms with Crippen LogP contribution in [0.1, 0.15) is 46.1 Å². The SMILES string of the molecule is C=CC(=O)OC(C)Oc1c(C(C)C)ccc(OCC)c1OCC. The summed E-state index contributed by atoms with van der Waals surface area (Å²) in [5.41, 5.74) is 0.957. The molecule has 1 aromatic rings. The zero-order chi connectivity index (χ0) is 17.4. The Kier molecular flexibility index (Phi) is 7.45. The molecule has 1 unspecified atom stereocenters. The van der Waals surface area contributed by atoms with Gasteiger partial charge in [-0.3, -0.25) is 0 Å². The van der Waals surface area contributed by atoms with Gasteiger partial charge in [-0.15, -0.1) is 0 Å². The zero-order valence-electron chi connectivity index (χ0n) is 14.5. The quantitative estimate of drug-likeness (QED) is 0.390. The molecule has 0 heterocycles. The Bertz CT molecular complexity index is 536. The molecule has 0 aliphatic carbocycles. The molecule has 0 N–H and O–H groups in total. The van der Waals surface area contributed by atoms with Gasteiger partial charge in [0.15, 0.2) is 11.5 Å². The predicted octanol–water partition coefficient (Wildman–Crippen LogP) is 4.06. The van der Waals surface area contributed by atoms with E-state index in [4.69, 9.17) is 18.9 Å². The Morgan fingerprint density at radius 3 is 2.30 bits per heavy atom. The molecule has 128 valence electrons. The van der Waals surface area contributed by atoms with Gasteiger partial charge in [0.1, 0.15) is 0 Å². The normalized spacial score (nSPS) is 11.7. The lowest BCUT2D eigenvalue weighted by Gasteiger charge is -2.23. The molecule has 23 heavy (non-hydrogen) atoms. The standard InChI is InChI=1S/C18H26O5/c1-7-16(19)22-13(6)23-17-14(12(4)5)10-11-15(20-8-2)18(17)21-9-3/h7,10-13H,1,8-9H2,2-6H3. The fourth-order valence-corrected chi connectivity index (χ4v) is 2.09. The van der Waals surface area contributed by atoms with E-state index in [2.05, 4.69) is 20.4 Å². The van der Waals surface area contributed by atoms with Gasteiger partial charge in [0.05, 0.1) is 13.2 Å². The van der Waals surface area contributed by atoms with Gasteiger partial charge < -0.3 is 18.9 Å². The summed E-state index contributed by atoms with van der Waals surface area (Å²) in [4.78, 5) is 11.3. The maximum atomic E-state index is 11.3. The van der Waals surface area contributed by atoms with Crippen molar-refractivity contribution in [1.29, 1.82) is 0 Å². The van der Waals surface area contributed by atoms with Crippen LogP contribution in [0, 0.1) is 0 Å². The number of esters is 1. The summed E-state index contributed by atoms with van der Waals surface area (Å²) in [7, 11) is 0. The van der Waals surface area contributed by atoms with Gasteiger partial charge in [0, 0.05) is 18.6 Å². The van der Waals surface area contributed by atoms with Gasteiger partial charge in [-0.25, -0.2) is 4.79 Å². The molecule has 5 nitrogen and oxygen atoms in total. The molecular formula is C18H26O5. The Hall–Kier alpha value is -2.17. The van der Waals surface area contributed by atoms with E-state index in [0.29, 0.717) is 30.5 Å². The van der Waals surface area contributed by atoms with Crippen molar-refractivity contribution in [3.8, 4) is 17.2 Å². The summed E-state index contributed by atoms with van der Waals surface area (Å²) < 4.78 is 22.3. The number of ether oxygens (including phenoxy) is 4. The highest BCUT2D eigenvalue weighted by Crippen LogP contribution is 2.43. The van der Waals surface area contributed by atoms with Gasteiger partial charge >= 0.3 is 5.97 Å². The van der Waals surface area contributed by atoms with Crippen molar-refractivity contribution in [2.45, 2.75) is 46.8 Å². The van der Waals surface area contributed by atoms with Crippen LogP contribution in [0.3, 0.4) is 0 Å². The minimum atomic E-state index is -0.769. The summed E-state index contributed by atoms with van der Waals surface area (Å²) in [6, 6.07) is 3.81. The van der Waals surface area contributed by atoms with E-state index in [1.807, 2.05) is 26.0 Å². The minimum absolute atomic E-state index is 0.210. The number of hydrogen-bond acceptors (Lipinski definition) is 5. The largest absolute Gasteiger partial charge is 0.490 e. The van der Waals surface area contributed by atoms with E-state index < -0.39 is 12.3 Å². The highest BCUT2D eigenvalue weighted by molar-refractivity contribution is 5.81. The monoisotopic (exact) mass is 322 g/mol. The first-order valence-electron chi connectivity index (χ1n) is 7.86. The van der Waals surface area contributed by atoms with Crippen molar-refractivity contribution in [2.75, 3.05) is 13.2 Å². The van der Waals surface area contributed by atoms with Crippen LogP contribution in [0.4, 0.5) is 0 Å². The van der Waals surface area contributed by atoms with Crippen molar-refractivity contribution >= 4 is 5.97 Å². The van der Waals surface area contributed by atoms with E-state index in [1.54, 1.807) is 6.92 Å². The second kappa shape index (κ2) is 9.08. The van der Waals surface area contributed by atoms with Crippen molar-refractivity contribution in [2.24, 2.45) is 0 Å². The molecule has 5 heteroatoms. The second-order valence-corrected chi connectivity index (χ2v) is 5.16. The second-order valence-electron chi connectivity index (χ2n) is 5.16. The highest BCUT2D eigenvalue weighted by atomic mass is 16.7. The summed E-state index contributed by atoms with van der Waals surface area (Å²) in [6.07, 6.45) is 0.331. The molecule has 0 radical (unpaired) electrons. The molecular weight excluding hydrogens is 296 g/mol. The lowest BCUT2D eigenvalue weighted by atomic mass is 10.0. The van der Waals surface area contributed by atoms with Crippen LogP contribution in [-0.2, 0) is 9.53 Å². The average Bonchev–Trinajstić information content (AvgIpc) is 2.50. The summed E-state index contributed by atoms with van der Waals surface area (Å²) in [6.45, 7) is 13.9. The topological polar surface area (TPSA) is 54.0 Å². The molecule has 0 bridgehead atoms. The smallest absolute Gasteiger partial charge is 0.333 e. The summed E-state index contributed by atoms with van der Waals surface area (Å²) in [5, 5.41) is 0. The van der Waals surface area contributed by atoms with Crippen LogP contribution in [0.25, 0.3) is 0 Å². The van der Waals surface area contributed by atoms with Crippen LogP contribution in [-0.4, -0.2) is 25.5 Å². The van der Waals surface area contributed by atoms with Gasteiger partial charge in [-0.2, -0.15) is 0 Å². The Morgan fingerprint density at radius 2 is 1.78 bits per heavy atom. The molecule has 0 saturated carbocycles. The van der Waals surface area contributed by atoms with E-state index >= 15 is 0 Å². The lowest BCUT2D eigenvalue weighted by molar-refractivity contribution is -0.155. The molecule has 0 aromatic heterocycles. The number of hydrogen-bond donors (Lipinski definition) is 0. The Labute approximate surface area is 138 Å². The third kappa shape index (κ3) is 5.20. The van der Waals surface area contributed by atoms with Crippen LogP contribution in [0.15, 0.2) is 24.8 Å². The average molecular weight is 322 g/mol. The number of benzene rings is 1. The van der Waals surface area contributed by atoms with Gasteiger partial charge in [-0.05, 0) is 25.8 Å². The van der Waals surface area contributed by atoms with Crippen LogP contribution in [0.2, 0.25) is 0 Å². The van der Waals surface area contributed by atoms with Crippen LogP contribution < -0.4 is 14.2 Å². The molecule has 0 amide bonds. The number of carbonyl (C=O) groups excluding carboxylic acids is 1. The first kappa shape index (κ1) is 18.9. The highest BCUT2D eigenvalue weighted by Gasteiger charge is 2.22. The first-order valence-corrected chi connectivity index (χ1v) is 7.86. The van der Waals surface area contributed by atoms with E-state index in [0.717, 1.165) is 11.6 Å². The van der Waals surface area contributed by atoms with Crippen molar-refractivity contribution in [1.82, 2.24) is 0 Å². The van der Waals surface area contributed by atoms with E-state index in [9.17, 15) is 4.79 Å². The summed E-state index contributed by atoms with van der Waals surface area (Å²) in [5.74, 6) is 1.35. The molecule has 0 fully saturated rings. The Morgan fingerprint density at radius 1 is 1.13 bits per heavy atom. The van der Waals surface area contributed by atoms with Crippen LogP contribution >= 0.6 is 0 Å². The van der Waals surface area contributed by atoms with Gasteiger partial charge in [0.2, 0.25) is 12.0 Å². The lowest BCUT2D eigenvalue weighted by Crippen LogP contribution is -2.21. The van der Waals surface area contributed by atoms with Crippen molar-refractivity contribution < 1.29 is 23.7 Å². The Balaban J connectivity index is 3.24. The van der Waals surface area contributed by atoms with Crippen molar-refractivity contribution in [3.63, 3.8) is 0 Å². The minimum Gasteiger partial charge on any atom is -0.490 e. The van der Waals surface area contributed by atoms with Crippen molar-refractivity contribution in [3.05, 3.63) is 30.4 Å². The van der Waals surface area contributed by atoms with Crippen LogP contribution in [0.5, 0.6) is 17.2 Å². The zero-order valence-corrected chi connectivity index (χ0v) is 14.5. The fraction of sp³-hybridized carbons (Fsp3) is 0.500. The molecule has 0 aliphatic rings. The van der Waals surface area contributed by atoms with Gasteiger partial charge in [-0.1, -0.05) is 26.5 Å². The number of rotatable bonds is 9. The fourth-order valence-electron chi connectivity index (χ4n) is 2.09.